The molecule has 1 atom stereocenters. The van der Waals surface area contributed by atoms with Crippen molar-refractivity contribution in [3.05, 3.63) is 29.3 Å². The van der Waals surface area contributed by atoms with E-state index in [4.69, 9.17) is 5.11 Å². The van der Waals surface area contributed by atoms with Gasteiger partial charge in [-0.2, -0.15) is 4.31 Å². The van der Waals surface area contributed by atoms with Crippen molar-refractivity contribution in [2.75, 3.05) is 20.2 Å². The molecule has 1 aromatic rings. The van der Waals surface area contributed by atoms with E-state index in [9.17, 15) is 13.2 Å². The Morgan fingerprint density at radius 1 is 1.33 bits per heavy atom. The first-order valence-electron chi connectivity index (χ1n) is 6.62. The second-order valence-electron chi connectivity index (χ2n) is 5.16. The standard InChI is InChI=1S/C14H22N2O4S/c1-10-5-6-13(7-11(10)2)21(19,20)16(4)8-14(18)15-12(3)9-17/h5-7,12,17H,8-9H2,1-4H3,(H,15,18). The lowest BCUT2D eigenvalue weighted by molar-refractivity contribution is -0.122. The minimum absolute atomic E-state index is 0.163. The van der Waals surface area contributed by atoms with Gasteiger partial charge in [-0.1, -0.05) is 6.07 Å². The zero-order chi connectivity index (χ0) is 16.2. The van der Waals surface area contributed by atoms with Crippen LogP contribution in [0.5, 0.6) is 0 Å². The lowest BCUT2D eigenvalue weighted by Gasteiger charge is -2.19. The summed E-state index contributed by atoms with van der Waals surface area (Å²) in [6.45, 7) is 4.89. The minimum atomic E-state index is -3.71. The number of sulfonamides is 1. The summed E-state index contributed by atoms with van der Waals surface area (Å²) in [6.07, 6.45) is 0. The van der Waals surface area contributed by atoms with E-state index in [-0.39, 0.29) is 18.0 Å². The summed E-state index contributed by atoms with van der Waals surface area (Å²) in [6, 6.07) is 4.46. The Morgan fingerprint density at radius 3 is 2.48 bits per heavy atom. The number of aryl methyl sites for hydroxylation is 2. The number of amides is 1. The molecule has 0 aliphatic heterocycles. The molecule has 0 radical (unpaired) electrons. The Hall–Kier alpha value is -1.44. The first kappa shape index (κ1) is 17.6. The van der Waals surface area contributed by atoms with Crippen LogP contribution >= 0.6 is 0 Å². The Balaban J connectivity index is 2.86. The predicted octanol–water partition coefficient (Wildman–Crippen LogP) is 0.421. The number of carbonyl (C=O) groups is 1. The van der Waals surface area contributed by atoms with E-state index in [1.165, 1.54) is 13.1 Å². The van der Waals surface area contributed by atoms with Gasteiger partial charge in [-0.05, 0) is 44.0 Å². The molecule has 1 amide bonds. The van der Waals surface area contributed by atoms with E-state index in [1.807, 2.05) is 13.8 Å². The van der Waals surface area contributed by atoms with Crippen molar-refractivity contribution >= 4 is 15.9 Å². The number of aliphatic hydroxyl groups is 1. The number of benzene rings is 1. The number of aliphatic hydroxyl groups excluding tert-OH is 1. The number of likely N-dealkylation sites (N-methyl/N-ethyl adjacent to an activating group) is 1. The van der Waals surface area contributed by atoms with Gasteiger partial charge < -0.3 is 10.4 Å². The SMILES string of the molecule is Cc1ccc(S(=O)(=O)N(C)CC(=O)NC(C)CO)cc1C. The quantitative estimate of drug-likeness (QED) is 0.797. The summed E-state index contributed by atoms with van der Waals surface area (Å²) in [5.41, 5.74) is 1.88. The number of nitrogens with zero attached hydrogens (tertiary/aromatic N) is 1. The fraction of sp³-hybridized carbons (Fsp3) is 0.500. The summed E-state index contributed by atoms with van der Waals surface area (Å²) in [5, 5.41) is 11.4. The molecule has 2 N–H and O–H groups in total. The van der Waals surface area contributed by atoms with Crippen LogP contribution in [0.4, 0.5) is 0 Å². The van der Waals surface area contributed by atoms with E-state index >= 15 is 0 Å². The highest BCUT2D eigenvalue weighted by molar-refractivity contribution is 7.89. The van der Waals surface area contributed by atoms with Gasteiger partial charge in [-0.25, -0.2) is 8.42 Å². The van der Waals surface area contributed by atoms with Crippen LogP contribution in [0.2, 0.25) is 0 Å². The topological polar surface area (TPSA) is 86.7 Å². The summed E-state index contributed by atoms with van der Waals surface area (Å²) < 4.78 is 25.8. The maximum Gasteiger partial charge on any atom is 0.243 e. The van der Waals surface area contributed by atoms with E-state index in [0.717, 1.165) is 15.4 Å². The second-order valence-corrected chi connectivity index (χ2v) is 7.20. The molecule has 1 aromatic carbocycles. The zero-order valence-electron chi connectivity index (χ0n) is 12.8. The van der Waals surface area contributed by atoms with Crippen LogP contribution in [-0.2, 0) is 14.8 Å². The molecule has 6 nitrogen and oxygen atoms in total. The van der Waals surface area contributed by atoms with Gasteiger partial charge in [0.25, 0.3) is 0 Å². The first-order chi connectivity index (χ1) is 9.68. The highest BCUT2D eigenvalue weighted by Crippen LogP contribution is 2.17. The summed E-state index contributed by atoms with van der Waals surface area (Å²) >= 11 is 0. The van der Waals surface area contributed by atoms with E-state index in [2.05, 4.69) is 5.32 Å². The molecule has 0 saturated heterocycles. The second kappa shape index (κ2) is 7.02. The minimum Gasteiger partial charge on any atom is -0.394 e. The van der Waals surface area contributed by atoms with E-state index in [0.29, 0.717) is 0 Å². The van der Waals surface area contributed by atoms with Crippen molar-refractivity contribution in [3.63, 3.8) is 0 Å². The van der Waals surface area contributed by atoms with Gasteiger partial charge in [0.05, 0.1) is 18.0 Å². The van der Waals surface area contributed by atoms with Gasteiger partial charge in [-0.15, -0.1) is 0 Å². The number of nitrogens with one attached hydrogen (secondary N) is 1. The smallest absolute Gasteiger partial charge is 0.243 e. The predicted molar refractivity (Wildman–Crippen MR) is 80.4 cm³/mol. The molecule has 0 aliphatic rings. The fourth-order valence-electron chi connectivity index (χ4n) is 1.71. The molecule has 0 heterocycles. The molecular formula is C14H22N2O4S. The lowest BCUT2D eigenvalue weighted by Crippen LogP contribution is -2.42. The monoisotopic (exact) mass is 314 g/mol. The summed E-state index contributed by atoms with van der Waals surface area (Å²) in [4.78, 5) is 11.9. The number of rotatable bonds is 6. The Kier molecular flexibility index (Phi) is 5.88. The van der Waals surface area contributed by atoms with Crippen molar-refractivity contribution in [1.82, 2.24) is 9.62 Å². The average Bonchev–Trinajstić information content (AvgIpc) is 2.41. The van der Waals surface area contributed by atoms with E-state index in [1.54, 1.807) is 19.1 Å². The van der Waals surface area contributed by atoms with Crippen LogP contribution in [0.3, 0.4) is 0 Å². The van der Waals surface area contributed by atoms with Crippen LogP contribution in [0.1, 0.15) is 18.1 Å². The molecule has 0 aliphatic carbocycles. The largest absolute Gasteiger partial charge is 0.394 e. The van der Waals surface area contributed by atoms with Crippen LogP contribution < -0.4 is 5.32 Å². The van der Waals surface area contributed by atoms with E-state index < -0.39 is 22.0 Å². The lowest BCUT2D eigenvalue weighted by atomic mass is 10.1. The molecule has 0 aromatic heterocycles. The van der Waals surface area contributed by atoms with Gasteiger partial charge in [0, 0.05) is 13.1 Å². The third-order valence-electron chi connectivity index (χ3n) is 3.23. The fourth-order valence-corrected chi connectivity index (χ4v) is 2.92. The maximum absolute atomic E-state index is 12.4. The summed E-state index contributed by atoms with van der Waals surface area (Å²) in [5.74, 6) is -0.452. The van der Waals surface area contributed by atoms with Gasteiger partial charge >= 0.3 is 0 Å². The molecule has 1 unspecified atom stereocenters. The average molecular weight is 314 g/mol. The molecule has 0 fully saturated rings. The van der Waals surface area contributed by atoms with Crippen LogP contribution in [-0.4, -0.2) is 50.0 Å². The summed E-state index contributed by atoms with van der Waals surface area (Å²) in [7, 11) is -2.35. The number of carbonyl (C=O) groups excluding carboxylic acids is 1. The van der Waals surface area contributed by atoms with Crippen molar-refractivity contribution in [2.45, 2.75) is 31.7 Å². The van der Waals surface area contributed by atoms with Crippen molar-refractivity contribution in [3.8, 4) is 0 Å². The van der Waals surface area contributed by atoms with Gasteiger partial charge in [-0.3, -0.25) is 4.79 Å². The molecule has 0 bridgehead atoms. The first-order valence-corrected chi connectivity index (χ1v) is 8.06. The van der Waals surface area contributed by atoms with Crippen LogP contribution in [0.25, 0.3) is 0 Å². The Labute approximate surface area is 125 Å². The molecule has 0 spiro atoms. The number of hydrogen-bond donors (Lipinski definition) is 2. The normalized spacial score (nSPS) is 13.2. The molecule has 1 rings (SSSR count). The molecule has 7 heteroatoms. The van der Waals surface area contributed by atoms with Crippen LogP contribution in [0.15, 0.2) is 23.1 Å². The van der Waals surface area contributed by atoms with Gasteiger partial charge in [0.15, 0.2) is 0 Å². The highest BCUT2D eigenvalue weighted by Gasteiger charge is 2.23. The molecular weight excluding hydrogens is 292 g/mol. The van der Waals surface area contributed by atoms with Crippen molar-refractivity contribution in [1.29, 1.82) is 0 Å². The number of hydrogen-bond acceptors (Lipinski definition) is 4. The molecule has 21 heavy (non-hydrogen) atoms. The molecule has 118 valence electrons. The molecule has 0 saturated carbocycles. The third kappa shape index (κ3) is 4.52. The van der Waals surface area contributed by atoms with Gasteiger partial charge in [0.2, 0.25) is 15.9 Å². The third-order valence-corrected chi connectivity index (χ3v) is 5.03. The van der Waals surface area contributed by atoms with Gasteiger partial charge in [0.1, 0.15) is 0 Å². The zero-order valence-corrected chi connectivity index (χ0v) is 13.6. The highest BCUT2D eigenvalue weighted by atomic mass is 32.2. The Morgan fingerprint density at radius 2 is 1.95 bits per heavy atom. The van der Waals surface area contributed by atoms with Crippen molar-refractivity contribution < 1.29 is 18.3 Å². The maximum atomic E-state index is 12.4. The Bertz CT molecular complexity index is 613. The van der Waals surface area contributed by atoms with Crippen LogP contribution in [0, 0.1) is 13.8 Å². The van der Waals surface area contributed by atoms with Crippen molar-refractivity contribution in [2.24, 2.45) is 0 Å².